The van der Waals surface area contributed by atoms with E-state index < -0.39 is 12.4 Å². The molecule has 0 unspecified atom stereocenters. The summed E-state index contributed by atoms with van der Waals surface area (Å²) >= 11 is 0. The van der Waals surface area contributed by atoms with Crippen molar-refractivity contribution in [3.8, 4) is 6.07 Å². The summed E-state index contributed by atoms with van der Waals surface area (Å²) in [5, 5.41) is 16.5. The Morgan fingerprint density at radius 3 is 2.58 bits per heavy atom. The number of ketones is 1. The number of carbonyl (C=O) groups excluding carboxylic acids is 1. The van der Waals surface area contributed by atoms with Crippen LogP contribution in [0.4, 0.5) is 0 Å². The molecule has 0 aromatic carbocycles. The molecule has 0 aliphatic carbocycles. The smallest absolute Gasteiger partial charge is 0.310 e. The summed E-state index contributed by atoms with van der Waals surface area (Å²) in [6.07, 6.45) is 0.0426. The molecule has 66 valence electrons. The van der Waals surface area contributed by atoms with Gasteiger partial charge in [-0.25, -0.2) is 0 Å². The van der Waals surface area contributed by atoms with Gasteiger partial charge in [-0.3, -0.25) is 9.59 Å². The molecule has 4 heteroatoms. The van der Waals surface area contributed by atoms with Crippen molar-refractivity contribution in [1.29, 1.82) is 5.26 Å². The van der Waals surface area contributed by atoms with E-state index in [9.17, 15) is 9.59 Å². The zero-order chi connectivity index (χ0) is 9.56. The van der Waals surface area contributed by atoms with Crippen molar-refractivity contribution >= 4 is 11.8 Å². The van der Waals surface area contributed by atoms with E-state index in [0.717, 1.165) is 0 Å². The largest absolute Gasteiger partial charge is 0.481 e. The highest BCUT2D eigenvalue weighted by molar-refractivity contribution is 5.94. The number of carboxylic acid groups (broad SMARTS) is 1. The summed E-state index contributed by atoms with van der Waals surface area (Å²) in [4.78, 5) is 20.9. The lowest BCUT2D eigenvalue weighted by Crippen LogP contribution is -2.10. The molecule has 1 atom stereocenters. The van der Waals surface area contributed by atoms with Crippen LogP contribution in [0.2, 0.25) is 0 Å². The number of nitriles is 1. The van der Waals surface area contributed by atoms with Crippen molar-refractivity contribution in [1.82, 2.24) is 0 Å². The highest BCUT2D eigenvalue weighted by Gasteiger charge is 2.11. The van der Waals surface area contributed by atoms with Gasteiger partial charge in [0.25, 0.3) is 0 Å². The normalized spacial score (nSPS) is 11.7. The maximum atomic E-state index is 10.8. The van der Waals surface area contributed by atoms with Gasteiger partial charge in [0.05, 0.1) is 6.07 Å². The van der Waals surface area contributed by atoms with Gasteiger partial charge in [-0.05, 0) is 5.92 Å². The molecule has 1 N–H and O–H groups in total. The number of Topliss-reactive ketones (excluding diaryl/α,β-unsaturated/α-hetero) is 1. The number of nitrogens with zero attached hydrogens (tertiary/aromatic N) is 1. The lowest BCUT2D eigenvalue weighted by atomic mass is 10.0. The van der Waals surface area contributed by atoms with Crippen LogP contribution in [0.1, 0.15) is 26.2 Å². The standard InChI is InChI=1S/C8H11NO3/c1-6(2-3-9)4-7(10)5-8(11)12/h6H,2,4-5H2,1H3,(H,11,12)/t6-/m1/s1. The van der Waals surface area contributed by atoms with E-state index in [4.69, 9.17) is 10.4 Å². The van der Waals surface area contributed by atoms with E-state index in [1.54, 1.807) is 6.92 Å². The zero-order valence-corrected chi connectivity index (χ0v) is 6.91. The quantitative estimate of drug-likeness (QED) is 0.622. The Labute approximate surface area is 70.8 Å². The maximum absolute atomic E-state index is 10.8. The third kappa shape index (κ3) is 5.42. The number of hydrogen-bond acceptors (Lipinski definition) is 3. The molecule has 0 rings (SSSR count). The number of carbonyl (C=O) groups is 2. The van der Waals surface area contributed by atoms with Crippen LogP contribution in [0.25, 0.3) is 0 Å². The third-order valence-corrected chi connectivity index (χ3v) is 1.36. The molecule has 0 amide bonds. The van der Waals surface area contributed by atoms with Crippen molar-refractivity contribution < 1.29 is 14.7 Å². The Hall–Kier alpha value is -1.37. The molecular formula is C8H11NO3. The van der Waals surface area contributed by atoms with Crippen LogP contribution in [-0.4, -0.2) is 16.9 Å². The molecular weight excluding hydrogens is 158 g/mol. The van der Waals surface area contributed by atoms with Crippen LogP contribution >= 0.6 is 0 Å². The van der Waals surface area contributed by atoms with E-state index in [1.807, 2.05) is 6.07 Å². The van der Waals surface area contributed by atoms with Gasteiger partial charge in [-0.2, -0.15) is 5.26 Å². The van der Waals surface area contributed by atoms with Gasteiger partial charge < -0.3 is 5.11 Å². The summed E-state index contributed by atoms with van der Waals surface area (Å²) < 4.78 is 0. The molecule has 0 aromatic rings. The van der Waals surface area contributed by atoms with Gasteiger partial charge in [0.1, 0.15) is 12.2 Å². The maximum Gasteiger partial charge on any atom is 0.310 e. The topological polar surface area (TPSA) is 78.2 Å². The van der Waals surface area contributed by atoms with Crippen LogP contribution in [0.5, 0.6) is 0 Å². The Kier molecular flexibility index (Phi) is 4.70. The first-order valence-corrected chi connectivity index (χ1v) is 3.66. The second-order valence-corrected chi connectivity index (χ2v) is 2.78. The van der Waals surface area contributed by atoms with Crippen LogP contribution in [0, 0.1) is 17.2 Å². The van der Waals surface area contributed by atoms with Crippen molar-refractivity contribution in [3.63, 3.8) is 0 Å². The zero-order valence-electron chi connectivity index (χ0n) is 6.91. The Bertz CT molecular complexity index is 217. The molecule has 4 nitrogen and oxygen atoms in total. The number of rotatable bonds is 5. The number of aliphatic carboxylic acids is 1. The van der Waals surface area contributed by atoms with Crippen molar-refractivity contribution in [2.24, 2.45) is 5.92 Å². The fourth-order valence-corrected chi connectivity index (χ4v) is 0.858. The van der Waals surface area contributed by atoms with Gasteiger partial charge in [0.15, 0.2) is 0 Å². The van der Waals surface area contributed by atoms with Gasteiger partial charge in [0.2, 0.25) is 0 Å². The molecule has 0 saturated carbocycles. The summed E-state index contributed by atoms with van der Waals surface area (Å²) in [5.41, 5.74) is 0. The molecule has 0 fully saturated rings. The predicted octanol–water partition coefficient (Wildman–Crippen LogP) is 0.970. The van der Waals surface area contributed by atoms with E-state index in [-0.39, 0.29) is 18.1 Å². The van der Waals surface area contributed by atoms with Gasteiger partial charge in [0, 0.05) is 12.8 Å². The summed E-state index contributed by atoms with van der Waals surface area (Å²) in [5.74, 6) is -1.46. The molecule has 12 heavy (non-hydrogen) atoms. The summed E-state index contributed by atoms with van der Waals surface area (Å²) in [6, 6.07) is 1.93. The lowest BCUT2D eigenvalue weighted by Gasteiger charge is -2.02. The summed E-state index contributed by atoms with van der Waals surface area (Å²) in [6.45, 7) is 1.75. The number of hydrogen-bond donors (Lipinski definition) is 1. The molecule has 0 saturated heterocycles. The van der Waals surface area contributed by atoms with E-state index in [2.05, 4.69) is 0 Å². The highest BCUT2D eigenvalue weighted by atomic mass is 16.4. The molecule has 0 bridgehead atoms. The van der Waals surface area contributed by atoms with E-state index in [0.29, 0.717) is 6.42 Å². The first kappa shape index (κ1) is 10.6. The fraction of sp³-hybridized carbons (Fsp3) is 0.625. The first-order chi connectivity index (χ1) is 5.56. The van der Waals surface area contributed by atoms with Crippen LogP contribution < -0.4 is 0 Å². The van der Waals surface area contributed by atoms with Crippen LogP contribution in [0.15, 0.2) is 0 Å². The molecule has 0 radical (unpaired) electrons. The Balaban J connectivity index is 3.70. The monoisotopic (exact) mass is 169 g/mol. The van der Waals surface area contributed by atoms with Crippen LogP contribution in [0.3, 0.4) is 0 Å². The second kappa shape index (κ2) is 5.30. The second-order valence-electron chi connectivity index (χ2n) is 2.78. The highest BCUT2D eigenvalue weighted by Crippen LogP contribution is 2.07. The van der Waals surface area contributed by atoms with Gasteiger partial charge >= 0.3 is 5.97 Å². The first-order valence-electron chi connectivity index (χ1n) is 3.66. The SMILES string of the molecule is C[C@H](CC#N)CC(=O)CC(=O)O. The number of carboxylic acids is 1. The van der Waals surface area contributed by atoms with E-state index in [1.165, 1.54) is 0 Å². The Morgan fingerprint density at radius 2 is 2.17 bits per heavy atom. The predicted molar refractivity (Wildman–Crippen MR) is 41.3 cm³/mol. The third-order valence-electron chi connectivity index (χ3n) is 1.36. The molecule has 0 aliphatic heterocycles. The minimum Gasteiger partial charge on any atom is -0.481 e. The van der Waals surface area contributed by atoms with Gasteiger partial charge in [-0.1, -0.05) is 6.92 Å². The Morgan fingerprint density at radius 1 is 1.58 bits per heavy atom. The average Bonchev–Trinajstić information content (AvgIpc) is 1.84. The van der Waals surface area contributed by atoms with Crippen molar-refractivity contribution in [2.75, 3.05) is 0 Å². The molecule has 0 aromatic heterocycles. The van der Waals surface area contributed by atoms with Crippen LogP contribution in [-0.2, 0) is 9.59 Å². The summed E-state index contributed by atoms with van der Waals surface area (Å²) in [7, 11) is 0. The molecule has 0 heterocycles. The van der Waals surface area contributed by atoms with Crippen molar-refractivity contribution in [3.05, 3.63) is 0 Å². The van der Waals surface area contributed by atoms with Gasteiger partial charge in [-0.15, -0.1) is 0 Å². The van der Waals surface area contributed by atoms with E-state index >= 15 is 0 Å². The fourth-order valence-electron chi connectivity index (χ4n) is 0.858. The molecule has 0 spiro atoms. The minimum absolute atomic E-state index is 0.0400. The molecule has 0 aliphatic rings. The van der Waals surface area contributed by atoms with Crippen molar-refractivity contribution in [2.45, 2.75) is 26.2 Å². The minimum atomic E-state index is -1.11. The lowest BCUT2D eigenvalue weighted by molar-refractivity contribution is -0.140. The average molecular weight is 169 g/mol.